The van der Waals surface area contributed by atoms with Crippen molar-refractivity contribution in [3.63, 3.8) is 0 Å². The molecule has 1 aromatic rings. The van der Waals surface area contributed by atoms with Crippen molar-refractivity contribution in [3.8, 4) is 5.19 Å². The zero-order valence-corrected chi connectivity index (χ0v) is 8.44. The molecular weight excluding hydrogens is 172 g/mol. The first-order valence-corrected chi connectivity index (χ1v) is 4.83. The van der Waals surface area contributed by atoms with E-state index in [-0.39, 0.29) is 6.10 Å². The van der Waals surface area contributed by atoms with Gasteiger partial charge in [-0.1, -0.05) is 11.3 Å². The lowest BCUT2D eigenvalue weighted by Gasteiger charge is -2.10. The van der Waals surface area contributed by atoms with Gasteiger partial charge in [-0.25, -0.2) is 4.98 Å². The summed E-state index contributed by atoms with van der Waals surface area (Å²) in [6, 6.07) is 0. The Morgan fingerprint density at radius 1 is 1.75 bits per heavy atom. The molecule has 12 heavy (non-hydrogen) atoms. The molecule has 0 saturated carbocycles. The van der Waals surface area contributed by atoms with Crippen LogP contribution in [-0.2, 0) is 0 Å². The second kappa shape index (κ2) is 4.42. The van der Waals surface area contributed by atoms with Gasteiger partial charge in [0, 0.05) is 11.9 Å². The summed E-state index contributed by atoms with van der Waals surface area (Å²) >= 11 is 1.54. The lowest BCUT2D eigenvalue weighted by molar-refractivity contribution is 0.219. The molecule has 0 aliphatic carbocycles. The highest BCUT2D eigenvalue weighted by Gasteiger charge is 2.04. The Hall–Kier alpha value is -0.610. The number of nitrogens with one attached hydrogen (secondary N) is 1. The predicted octanol–water partition coefficient (Wildman–Crippen LogP) is 1.44. The van der Waals surface area contributed by atoms with Gasteiger partial charge in [-0.2, -0.15) is 0 Å². The average Bonchev–Trinajstić information content (AvgIpc) is 2.36. The van der Waals surface area contributed by atoms with E-state index in [2.05, 4.69) is 10.3 Å². The third kappa shape index (κ3) is 2.79. The number of likely N-dealkylation sites (N-methyl/N-ethyl adjacent to an activating group) is 1. The number of hydrogen-bond donors (Lipinski definition) is 1. The molecule has 0 bridgehead atoms. The molecule has 1 atom stereocenters. The van der Waals surface area contributed by atoms with E-state index < -0.39 is 0 Å². The van der Waals surface area contributed by atoms with Gasteiger partial charge < -0.3 is 10.1 Å². The van der Waals surface area contributed by atoms with Crippen LogP contribution in [0, 0.1) is 6.92 Å². The number of rotatable bonds is 4. The standard InChI is InChI=1S/C8H14N2OS/c1-6-5-12-8(10-6)11-7(2)4-9-3/h5,7,9H,4H2,1-3H3. The zero-order chi connectivity index (χ0) is 8.97. The Morgan fingerprint density at radius 3 is 3.00 bits per heavy atom. The van der Waals surface area contributed by atoms with Crippen LogP contribution < -0.4 is 10.1 Å². The van der Waals surface area contributed by atoms with Crippen molar-refractivity contribution in [3.05, 3.63) is 11.1 Å². The Balaban J connectivity index is 2.41. The number of thiazole rings is 1. The second-order valence-electron chi connectivity index (χ2n) is 2.74. The molecular formula is C8H14N2OS. The maximum atomic E-state index is 5.52. The van der Waals surface area contributed by atoms with E-state index in [9.17, 15) is 0 Å². The topological polar surface area (TPSA) is 34.1 Å². The summed E-state index contributed by atoms with van der Waals surface area (Å²) in [4.78, 5) is 4.20. The molecule has 0 amide bonds. The maximum absolute atomic E-state index is 5.52. The monoisotopic (exact) mass is 186 g/mol. The molecule has 1 rings (SSSR count). The molecule has 4 heteroatoms. The van der Waals surface area contributed by atoms with E-state index in [0.29, 0.717) is 0 Å². The third-order valence-corrected chi connectivity index (χ3v) is 2.24. The molecule has 1 aromatic heterocycles. The van der Waals surface area contributed by atoms with Crippen LogP contribution in [0.1, 0.15) is 12.6 Å². The van der Waals surface area contributed by atoms with Crippen LogP contribution in [-0.4, -0.2) is 24.7 Å². The fourth-order valence-electron chi connectivity index (χ4n) is 0.888. The predicted molar refractivity (Wildman–Crippen MR) is 50.9 cm³/mol. The average molecular weight is 186 g/mol. The molecule has 0 aromatic carbocycles. The molecule has 0 radical (unpaired) electrons. The highest BCUT2D eigenvalue weighted by atomic mass is 32.1. The molecule has 0 aliphatic heterocycles. The lowest BCUT2D eigenvalue weighted by Crippen LogP contribution is -2.25. The van der Waals surface area contributed by atoms with Gasteiger partial charge in [-0.15, -0.1) is 0 Å². The largest absolute Gasteiger partial charge is 0.466 e. The van der Waals surface area contributed by atoms with E-state index in [1.807, 2.05) is 26.3 Å². The maximum Gasteiger partial charge on any atom is 0.273 e. The van der Waals surface area contributed by atoms with Crippen molar-refractivity contribution in [1.82, 2.24) is 10.3 Å². The second-order valence-corrected chi connectivity index (χ2v) is 3.56. The van der Waals surface area contributed by atoms with Gasteiger partial charge in [-0.05, 0) is 20.9 Å². The van der Waals surface area contributed by atoms with Crippen molar-refractivity contribution in [2.24, 2.45) is 0 Å². The quantitative estimate of drug-likeness (QED) is 0.772. The van der Waals surface area contributed by atoms with Gasteiger partial charge >= 0.3 is 0 Å². The summed E-state index contributed by atoms with van der Waals surface area (Å²) in [6.45, 7) is 4.83. The summed E-state index contributed by atoms with van der Waals surface area (Å²) in [5.74, 6) is 0. The van der Waals surface area contributed by atoms with E-state index >= 15 is 0 Å². The highest BCUT2D eigenvalue weighted by molar-refractivity contribution is 7.11. The van der Waals surface area contributed by atoms with Crippen LogP contribution in [0.15, 0.2) is 5.38 Å². The number of hydrogen-bond acceptors (Lipinski definition) is 4. The molecule has 1 heterocycles. The van der Waals surface area contributed by atoms with E-state index in [0.717, 1.165) is 17.4 Å². The van der Waals surface area contributed by atoms with Crippen LogP contribution in [0.5, 0.6) is 5.19 Å². The Morgan fingerprint density at radius 2 is 2.50 bits per heavy atom. The third-order valence-electron chi connectivity index (χ3n) is 1.39. The van der Waals surface area contributed by atoms with Crippen LogP contribution in [0.2, 0.25) is 0 Å². The molecule has 3 nitrogen and oxygen atoms in total. The molecule has 1 N–H and O–H groups in total. The van der Waals surface area contributed by atoms with E-state index in [1.54, 1.807) is 11.3 Å². The van der Waals surface area contributed by atoms with Crippen molar-refractivity contribution in [2.45, 2.75) is 20.0 Å². The van der Waals surface area contributed by atoms with Crippen LogP contribution in [0.4, 0.5) is 0 Å². The van der Waals surface area contributed by atoms with Crippen LogP contribution >= 0.6 is 11.3 Å². The number of aryl methyl sites for hydroxylation is 1. The van der Waals surface area contributed by atoms with Gasteiger partial charge in [0.2, 0.25) is 0 Å². The van der Waals surface area contributed by atoms with Crippen molar-refractivity contribution in [2.75, 3.05) is 13.6 Å². The summed E-state index contributed by atoms with van der Waals surface area (Å²) in [5, 5.41) is 5.79. The normalized spacial score (nSPS) is 12.9. The van der Waals surface area contributed by atoms with Gasteiger partial charge in [-0.3, -0.25) is 0 Å². The number of nitrogens with zero attached hydrogens (tertiary/aromatic N) is 1. The summed E-state index contributed by atoms with van der Waals surface area (Å²) < 4.78 is 5.52. The lowest BCUT2D eigenvalue weighted by atomic mass is 10.4. The summed E-state index contributed by atoms with van der Waals surface area (Å²) in [5.41, 5.74) is 1.02. The molecule has 1 unspecified atom stereocenters. The van der Waals surface area contributed by atoms with Gasteiger partial charge in [0.15, 0.2) is 0 Å². The Kier molecular flexibility index (Phi) is 3.49. The first-order chi connectivity index (χ1) is 5.72. The SMILES string of the molecule is CNCC(C)Oc1nc(C)cs1. The minimum absolute atomic E-state index is 0.181. The van der Waals surface area contributed by atoms with Crippen molar-refractivity contribution < 1.29 is 4.74 Å². The first-order valence-electron chi connectivity index (χ1n) is 3.95. The van der Waals surface area contributed by atoms with Crippen molar-refractivity contribution in [1.29, 1.82) is 0 Å². The fraction of sp³-hybridized carbons (Fsp3) is 0.625. The summed E-state index contributed by atoms with van der Waals surface area (Å²) in [6.07, 6.45) is 0.181. The zero-order valence-electron chi connectivity index (χ0n) is 7.63. The summed E-state index contributed by atoms with van der Waals surface area (Å²) in [7, 11) is 1.91. The van der Waals surface area contributed by atoms with Crippen molar-refractivity contribution >= 4 is 11.3 Å². The van der Waals surface area contributed by atoms with E-state index in [1.165, 1.54) is 0 Å². The molecule has 0 aliphatic rings. The number of aromatic nitrogens is 1. The van der Waals surface area contributed by atoms with Crippen LogP contribution in [0.3, 0.4) is 0 Å². The number of ether oxygens (including phenoxy) is 1. The van der Waals surface area contributed by atoms with Gasteiger partial charge in [0.05, 0.1) is 5.69 Å². The molecule has 0 fully saturated rings. The van der Waals surface area contributed by atoms with Gasteiger partial charge in [0.1, 0.15) is 6.10 Å². The Labute approximate surface area is 76.8 Å². The Bertz CT molecular complexity index is 237. The fourth-order valence-corrected chi connectivity index (χ4v) is 1.63. The first kappa shape index (κ1) is 9.48. The molecule has 0 spiro atoms. The smallest absolute Gasteiger partial charge is 0.273 e. The highest BCUT2D eigenvalue weighted by Crippen LogP contribution is 2.18. The minimum Gasteiger partial charge on any atom is -0.466 e. The van der Waals surface area contributed by atoms with Gasteiger partial charge in [0.25, 0.3) is 5.19 Å². The minimum atomic E-state index is 0.181. The molecule has 0 saturated heterocycles. The molecule has 68 valence electrons. The van der Waals surface area contributed by atoms with E-state index in [4.69, 9.17) is 4.74 Å². The van der Waals surface area contributed by atoms with Crippen LogP contribution in [0.25, 0.3) is 0 Å².